The third kappa shape index (κ3) is 3.19. The van der Waals surface area contributed by atoms with Crippen molar-refractivity contribution in [3.8, 4) is 0 Å². The van der Waals surface area contributed by atoms with Gasteiger partial charge in [-0.25, -0.2) is 9.38 Å². The molecule has 1 aliphatic rings. The van der Waals surface area contributed by atoms with Gasteiger partial charge in [-0.15, -0.1) is 22.7 Å². The molecule has 0 spiro atoms. The van der Waals surface area contributed by atoms with E-state index >= 15 is 0 Å². The third-order valence-electron chi connectivity index (χ3n) is 4.51. The minimum Gasteiger partial charge on any atom is -0.266 e. The number of nitrogens with zero attached hydrogens (tertiary/aromatic N) is 2. The summed E-state index contributed by atoms with van der Waals surface area (Å²) in [4.78, 5) is 21.0. The maximum atomic E-state index is 13.5. The molecule has 1 amide bonds. The van der Waals surface area contributed by atoms with Crippen LogP contribution in [0.25, 0.3) is 16.2 Å². The number of amidine groups is 1. The number of rotatable bonds is 3. The van der Waals surface area contributed by atoms with E-state index in [0.717, 1.165) is 15.0 Å². The van der Waals surface area contributed by atoms with Crippen LogP contribution < -0.4 is 4.90 Å². The lowest BCUT2D eigenvalue weighted by Gasteiger charge is -2.17. The summed E-state index contributed by atoms with van der Waals surface area (Å²) in [5.74, 6) is -0.183. The highest BCUT2D eigenvalue weighted by atomic mass is 35.5. The first-order valence-electron chi connectivity index (χ1n) is 8.73. The molecule has 1 aliphatic heterocycles. The van der Waals surface area contributed by atoms with Crippen LogP contribution in [0.15, 0.2) is 76.7 Å². The average Bonchev–Trinajstić information content (AvgIpc) is 3.43. The summed E-state index contributed by atoms with van der Waals surface area (Å²) in [7, 11) is 0. The number of amides is 1. The lowest BCUT2D eigenvalue weighted by Crippen LogP contribution is -2.32. The lowest BCUT2D eigenvalue weighted by molar-refractivity contribution is -0.113. The van der Waals surface area contributed by atoms with E-state index in [2.05, 4.69) is 4.99 Å². The minimum atomic E-state index is -0.367. The summed E-state index contributed by atoms with van der Waals surface area (Å²) in [6, 6.07) is 17.4. The number of halogens is 2. The Morgan fingerprint density at radius 1 is 1.03 bits per heavy atom. The second-order valence-electron chi connectivity index (χ2n) is 6.34. The summed E-state index contributed by atoms with van der Waals surface area (Å²) >= 11 is 9.67. The van der Waals surface area contributed by atoms with Gasteiger partial charge in [-0.05, 0) is 47.9 Å². The van der Waals surface area contributed by atoms with Gasteiger partial charge in [0.2, 0.25) is 0 Å². The van der Waals surface area contributed by atoms with Crippen molar-refractivity contribution in [2.24, 2.45) is 4.99 Å². The molecule has 4 aromatic rings. The van der Waals surface area contributed by atoms with E-state index in [4.69, 9.17) is 11.6 Å². The van der Waals surface area contributed by atoms with Crippen molar-refractivity contribution in [3.05, 3.63) is 92.3 Å². The van der Waals surface area contributed by atoms with Crippen LogP contribution in [-0.2, 0) is 4.79 Å². The number of fused-ring (bicyclic) bond motifs is 1. The Morgan fingerprint density at radius 3 is 2.55 bits per heavy atom. The molecule has 0 unspecified atom stereocenters. The number of aliphatic imine (C=N–C) groups is 1. The summed E-state index contributed by atoms with van der Waals surface area (Å²) in [6.45, 7) is 0. The molecule has 5 rings (SSSR count). The molecule has 7 heteroatoms. The number of anilines is 1. The second kappa shape index (κ2) is 7.22. The van der Waals surface area contributed by atoms with Gasteiger partial charge in [-0.3, -0.25) is 9.69 Å². The van der Waals surface area contributed by atoms with Crippen LogP contribution in [0.3, 0.4) is 0 Å². The molecule has 3 nitrogen and oxygen atoms in total. The number of hydrogen-bond acceptors (Lipinski definition) is 4. The van der Waals surface area contributed by atoms with Crippen LogP contribution >= 0.6 is 34.3 Å². The Morgan fingerprint density at radius 2 is 1.83 bits per heavy atom. The Bertz CT molecular complexity index is 1290. The number of hydrogen-bond donors (Lipinski definition) is 0. The fourth-order valence-corrected chi connectivity index (χ4v) is 5.31. The van der Waals surface area contributed by atoms with Crippen LogP contribution in [0.4, 0.5) is 10.1 Å². The first kappa shape index (κ1) is 18.2. The summed E-state index contributed by atoms with van der Waals surface area (Å²) in [6.07, 6.45) is 1.76. The molecule has 0 fully saturated rings. The van der Waals surface area contributed by atoms with Crippen molar-refractivity contribution < 1.29 is 9.18 Å². The van der Waals surface area contributed by atoms with Gasteiger partial charge < -0.3 is 0 Å². The zero-order chi connectivity index (χ0) is 20.0. The van der Waals surface area contributed by atoms with Crippen molar-refractivity contribution in [3.63, 3.8) is 0 Å². The van der Waals surface area contributed by atoms with Gasteiger partial charge in [0, 0.05) is 15.0 Å². The monoisotopic (exact) mass is 438 g/mol. The van der Waals surface area contributed by atoms with Crippen LogP contribution in [0.5, 0.6) is 0 Å². The maximum Gasteiger partial charge on any atom is 0.282 e. The molecule has 3 heterocycles. The number of thiophene rings is 2. The highest BCUT2D eigenvalue weighted by molar-refractivity contribution is 7.22. The molecular weight excluding hydrogens is 427 g/mol. The Labute approximate surface area is 179 Å². The lowest BCUT2D eigenvalue weighted by atomic mass is 10.2. The van der Waals surface area contributed by atoms with Crippen LogP contribution in [0.1, 0.15) is 9.75 Å². The van der Waals surface area contributed by atoms with Crippen molar-refractivity contribution in [1.82, 2.24) is 0 Å². The molecule has 0 N–H and O–H groups in total. The van der Waals surface area contributed by atoms with E-state index in [1.165, 1.54) is 39.7 Å². The van der Waals surface area contributed by atoms with Gasteiger partial charge >= 0.3 is 0 Å². The Kier molecular flexibility index (Phi) is 4.54. The normalized spacial score (nSPS) is 15.5. The maximum absolute atomic E-state index is 13.5. The predicted octanol–water partition coefficient (Wildman–Crippen LogP) is 6.59. The first-order chi connectivity index (χ1) is 14.1. The van der Waals surface area contributed by atoms with Crippen LogP contribution in [0, 0.1) is 5.82 Å². The van der Waals surface area contributed by atoms with Crippen molar-refractivity contribution in [2.75, 3.05) is 4.90 Å². The molecule has 0 aliphatic carbocycles. The van der Waals surface area contributed by atoms with E-state index in [-0.39, 0.29) is 11.7 Å². The largest absolute Gasteiger partial charge is 0.282 e. The smallest absolute Gasteiger partial charge is 0.266 e. The van der Waals surface area contributed by atoms with Crippen molar-refractivity contribution in [2.45, 2.75) is 0 Å². The molecular formula is C22H12ClFN2OS2. The summed E-state index contributed by atoms with van der Waals surface area (Å²) in [5, 5.41) is 3.41. The van der Waals surface area contributed by atoms with Crippen molar-refractivity contribution in [1.29, 1.82) is 0 Å². The van der Waals surface area contributed by atoms with E-state index < -0.39 is 0 Å². The highest BCUT2D eigenvalue weighted by Crippen LogP contribution is 2.39. The zero-order valence-electron chi connectivity index (χ0n) is 14.8. The number of benzene rings is 2. The molecule has 2 aromatic heterocycles. The molecule has 0 radical (unpaired) electrons. The number of carbonyl (C=O) groups is 1. The predicted molar refractivity (Wildman–Crippen MR) is 120 cm³/mol. The molecule has 0 bridgehead atoms. The van der Waals surface area contributed by atoms with E-state index in [1.807, 2.05) is 41.8 Å². The first-order valence-corrected chi connectivity index (χ1v) is 10.8. The quantitative estimate of drug-likeness (QED) is 0.332. The van der Waals surface area contributed by atoms with Gasteiger partial charge in [0.05, 0.1) is 15.6 Å². The van der Waals surface area contributed by atoms with E-state index in [0.29, 0.717) is 27.1 Å². The molecule has 142 valence electrons. The fourth-order valence-electron chi connectivity index (χ4n) is 3.16. The number of carbonyl (C=O) groups excluding carboxylic acids is 1. The van der Waals surface area contributed by atoms with Gasteiger partial charge in [0.1, 0.15) is 11.5 Å². The van der Waals surface area contributed by atoms with Crippen LogP contribution in [-0.4, -0.2) is 11.7 Å². The Hall–Kier alpha value is -2.80. The van der Waals surface area contributed by atoms with Gasteiger partial charge in [-0.2, -0.15) is 0 Å². The summed E-state index contributed by atoms with van der Waals surface area (Å²) < 4.78 is 14.5. The SMILES string of the molecule is O=C1/C(=C\c2cccs2)N=C(c2sc3ccccc3c2Cl)N1c1ccc(F)cc1. The molecule has 0 saturated carbocycles. The minimum absolute atomic E-state index is 0.270. The fraction of sp³-hybridized carbons (Fsp3) is 0. The molecule has 2 aromatic carbocycles. The van der Waals surface area contributed by atoms with Crippen LogP contribution in [0.2, 0.25) is 5.02 Å². The molecule has 0 saturated heterocycles. The zero-order valence-corrected chi connectivity index (χ0v) is 17.2. The van der Waals surface area contributed by atoms with Gasteiger partial charge in [0.15, 0.2) is 5.84 Å². The van der Waals surface area contributed by atoms with Crippen molar-refractivity contribution >= 4 is 67.9 Å². The van der Waals surface area contributed by atoms with Gasteiger partial charge in [0.25, 0.3) is 5.91 Å². The summed E-state index contributed by atoms with van der Waals surface area (Å²) in [5.41, 5.74) is 0.860. The van der Waals surface area contributed by atoms with E-state index in [1.54, 1.807) is 18.2 Å². The highest BCUT2D eigenvalue weighted by Gasteiger charge is 2.35. The molecule has 29 heavy (non-hydrogen) atoms. The molecule has 0 atom stereocenters. The topological polar surface area (TPSA) is 32.7 Å². The standard InChI is InChI=1S/C22H12ClFN2OS2/c23-19-16-5-1-2-6-18(16)29-20(19)21-25-17(12-15-4-3-11-28-15)22(27)26(21)14-9-7-13(24)8-10-14/h1-12H/b17-12+. The van der Waals surface area contributed by atoms with Gasteiger partial charge in [-0.1, -0.05) is 35.9 Å². The Balaban J connectivity index is 1.70. The van der Waals surface area contributed by atoms with E-state index in [9.17, 15) is 9.18 Å². The second-order valence-corrected chi connectivity index (χ2v) is 8.75. The third-order valence-corrected chi connectivity index (χ3v) is 7.00. The average molecular weight is 439 g/mol.